The molecule has 1 aliphatic carbocycles. The van der Waals surface area contributed by atoms with Crippen molar-refractivity contribution in [3.8, 4) is 22.4 Å². The van der Waals surface area contributed by atoms with Crippen LogP contribution in [0.15, 0.2) is 132 Å². The van der Waals surface area contributed by atoms with Gasteiger partial charge in [0.15, 0.2) is 0 Å². The first-order valence-corrected chi connectivity index (χ1v) is 15.8. The molecule has 5 aromatic carbocycles. The zero-order chi connectivity index (χ0) is 29.8. The maximum absolute atomic E-state index is 4.73. The maximum Gasteiger partial charge on any atom is 0.0780 e. The molecule has 214 valence electrons. The Morgan fingerprint density at radius 2 is 1.52 bits per heavy atom. The van der Waals surface area contributed by atoms with E-state index in [0.717, 1.165) is 24.1 Å². The lowest BCUT2D eigenvalue weighted by atomic mass is 9.79. The van der Waals surface area contributed by atoms with Gasteiger partial charge in [0.2, 0.25) is 0 Å². The predicted molar refractivity (Wildman–Crippen MR) is 188 cm³/mol. The molecule has 0 amide bonds. The van der Waals surface area contributed by atoms with Crippen molar-refractivity contribution < 1.29 is 0 Å². The van der Waals surface area contributed by atoms with Crippen molar-refractivity contribution in [3.05, 3.63) is 138 Å². The van der Waals surface area contributed by atoms with Crippen LogP contribution in [0.3, 0.4) is 0 Å². The van der Waals surface area contributed by atoms with Crippen LogP contribution >= 0.6 is 0 Å². The van der Waals surface area contributed by atoms with Crippen molar-refractivity contribution in [3.63, 3.8) is 0 Å². The fourth-order valence-corrected chi connectivity index (χ4v) is 7.09. The Labute approximate surface area is 259 Å². The SMILES string of the molecule is CC(C)(C)c1cc2ccc3c(-c4ccc(-c5ccccn5)cc4)cc(C4C=CC(C5CC=CC=N5)=CC4)c4ccc(c1)c2c34. The molecule has 2 atom stereocenters. The van der Waals surface area contributed by atoms with Gasteiger partial charge in [0.25, 0.3) is 0 Å². The molecule has 2 heteroatoms. The number of dihydropyridines is 1. The van der Waals surface area contributed by atoms with Crippen LogP contribution in [0.1, 0.15) is 50.7 Å². The molecule has 1 aromatic heterocycles. The number of aromatic nitrogens is 1. The Kier molecular flexibility index (Phi) is 6.34. The molecule has 2 aliphatic rings. The van der Waals surface area contributed by atoms with Gasteiger partial charge in [0, 0.05) is 23.9 Å². The second-order valence-corrected chi connectivity index (χ2v) is 13.3. The number of hydrogen-bond donors (Lipinski definition) is 0. The lowest BCUT2D eigenvalue weighted by Gasteiger charge is -2.25. The highest BCUT2D eigenvalue weighted by Gasteiger charge is 2.23. The molecule has 0 saturated heterocycles. The van der Waals surface area contributed by atoms with Crippen LogP contribution < -0.4 is 0 Å². The summed E-state index contributed by atoms with van der Waals surface area (Å²) in [5.41, 5.74) is 8.85. The summed E-state index contributed by atoms with van der Waals surface area (Å²) < 4.78 is 0. The summed E-state index contributed by atoms with van der Waals surface area (Å²) in [5, 5.41) is 8.08. The van der Waals surface area contributed by atoms with Crippen molar-refractivity contribution in [1.82, 2.24) is 4.98 Å². The summed E-state index contributed by atoms with van der Waals surface area (Å²) in [7, 11) is 0. The van der Waals surface area contributed by atoms with Crippen molar-refractivity contribution >= 4 is 38.5 Å². The standard InChI is InChI=1S/C42H36N2/c1-42(2,3)33-24-31-18-20-34-36(27-10-14-29(15-11-27)38-8-4-6-22-43-38)26-37(35-21-19-32(25-33)40(31)41(34)35)28-12-16-30(17-13-28)39-9-5-7-23-44-39/h4-8,10-12,14-26,28,39H,9,13H2,1-3H3. The van der Waals surface area contributed by atoms with E-state index in [2.05, 4.69) is 123 Å². The van der Waals surface area contributed by atoms with Crippen LogP contribution in [0.4, 0.5) is 0 Å². The Morgan fingerprint density at radius 3 is 2.18 bits per heavy atom. The number of aliphatic imine (C=N–C) groups is 1. The predicted octanol–water partition coefficient (Wildman–Crippen LogP) is 11.0. The summed E-state index contributed by atoms with van der Waals surface area (Å²) in [6.45, 7) is 6.91. The molecule has 0 radical (unpaired) electrons. The zero-order valence-electron chi connectivity index (χ0n) is 25.6. The van der Waals surface area contributed by atoms with Gasteiger partial charge >= 0.3 is 0 Å². The molecule has 2 unspecified atom stereocenters. The largest absolute Gasteiger partial charge is 0.285 e. The van der Waals surface area contributed by atoms with E-state index >= 15 is 0 Å². The van der Waals surface area contributed by atoms with Crippen LogP contribution in [0.25, 0.3) is 54.7 Å². The molecule has 0 spiro atoms. The molecule has 0 fully saturated rings. The zero-order valence-corrected chi connectivity index (χ0v) is 25.6. The number of hydrogen-bond acceptors (Lipinski definition) is 2. The molecule has 2 heterocycles. The summed E-state index contributed by atoms with van der Waals surface area (Å²) in [6.07, 6.45) is 17.2. The summed E-state index contributed by atoms with van der Waals surface area (Å²) in [5.74, 6) is 0.308. The van der Waals surface area contributed by atoms with Crippen molar-refractivity contribution in [2.45, 2.75) is 51.0 Å². The van der Waals surface area contributed by atoms with Gasteiger partial charge in [-0.3, -0.25) is 9.98 Å². The first-order chi connectivity index (χ1) is 21.4. The molecule has 8 rings (SSSR count). The summed E-state index contributed by atoms with van der Waals surface area (Å²) >= 11 is 0. The van der Waals surface area contributed by atoms with Gasteiger partial charge in [-0.25, -0.2) is 0 Å². The van der Waals surface area contributed by atoms with Crippen LogP contribution in [0, 0.1) is 0 Å². The second kappa shape index (κ2) is 10.4. The highest BCUT2D eigenvalue weighted by atomic mass is 14.8. The minimum absolute atomic E-state index is 0.0885. The molecule has 44 heavy (non-hydrogen) atoms. The lowest BCUT2D eigenvalue weighted by Crippen LogP contribution is -2.12. The third-order valence-electron chi connectivity index (χ3n) is 9.53. The Balaban J connectivity index is 1.31. The van der Waals surface area contributed by atoms with E-state index < -0.39 is 0 Å². The van der Waals surface area contributed by atoms with Gasteiger partial charge in [-0.2, -0.15) is 0 Å². The molecule has 0 saturated carbocycles. The molecular formula is C42H36N2. The van der Waals surface area contributed by atoms with E-state index in [-0.39, 0.29) is 11.5 Å². The van der Waals surface area contributed by atoms with Gasteiger partial charge in [0.05, 0.1) is 11.7 Å². The molecule has 0 bridgehead atoms. The maximum atomic E-state index is 4.73. The van der Waals surface area contributed by atoms with E-state index in [1.807, 2.05) is 30.6 Å². The van der Waals surface area contributed by atoms with Gasteiger partial charge < -0.3 is 0 Å². The Bertz CT molecular complexity index is 2120. The molecule has 2 nitrogen and oxygen atoms in total. The second-order valence-electron chi connectivity index (χ2n) is 13.3. The van der Waals surface area contributed by atoms with E-state index in [1.54, 1.807) is 0 Å². The van der Waals surface area contributed by atoms with Gasteiger partial charge in [-0.15, -0.1) is 0 Å². The molecule has 0 N–H and O–H groups in total. The first-order valence-electron chi connectivity index (χ1n) is 15.8. The van der Waals surface area contributed by atoms with E-state index in [9.17, 15) is 0 Å². The minimum atomic E-state index is 0.0885. The number of benzene rings is 5. The van der Waals surface area contributed by atoms with Crippen molar-refractivity contribution in [1.29, 1.82) is 0 Å². The normalized spacial score (nSPS) is 18.5. The van der Waals surface area contributed by atoms with Crippen molar-refractivity contribution in [2.75, 3.05) is 0 Å². The van der Waals surface area contributed by atoms with Crippen LogP contribution in [0.2, 0.25) is 0 Å². The number of nitrogens with zero attached hydrogens (tertiary/aromatic N) is 2. The summed E-state index contributed by atoms with van der Waals surface area (Å²) in [6, 6.07) is 32.0. The third-order valence-corrected chi connectivity index (χ3v) is 9.53. The van der Waals surface area contributed by atoms with Crippen LogP contribution in [-0.4, -0.2) is 17.2 Å². The van der Waals surface area contributed by atoms with Gasteiger partial charge in [-0.05, 0) is 103 Å². The molecule has 1 aliphatic heterocycles. The molecular weight excluding hydrogens is 532 g/mol. The topological polar surface area (TPSA) is 25.2 Å². The van der Waals surface area contributed by atoms with E-state index in [0.29, 0.717) is 5.92 Å². The highest BCUT2D eigenvalue weighted by molar-refractivity contribution is 6.26. The number of allylic oxidation sites excluding steroid dienone is 3. The Hall–Kier alpha value is -4.82. The average Bonchev–Trinajstić information content (AvgIpc) is 3.07. The quantitative estimate of drug-likeness (QED) is 0.194. The monoisotopic (exact) mass is 568 g/mol. The van der Waals surface area contributed by atoms with Gasteiger partial charge in [0.1, 0.15) is 0 Å². The first kappa shape index (κ1) is 26.8. The minimum Gasteiger partial charge on any atom is -0.285 e. The average molecular weight is 569 g/mol. The highest BCUT2D eigenvalue weighted by Crippen LogP contribution is 2.45. The number of pyridine rings is 1. The van der Waals surface area contributed by atoms with E-state index in [4.69, 9.17) is 4.99 Å². The van der Waals surface area contributed by atoms with Crippen LogP contribution in [0.5, 0.6) is 0 Å². The summed E-state index contributed by atoms with van der Waals surface area (Å²) in [4.78, 5) is 9.30. The number of rotatable bonds is 4. The third kappa shape index (κ3) is 4.57. The fourth-order valence-electron chi connectivity index (χ4n) is 7.09. The Morgan fingerprint density at radius 1 is 0.750 bits per heavy atom. The lowest BCUT2D eigenvalue weighted by molar-refractivity contribution is 0.591. The van der Waals surface area contributed by atoms with E-state index in [1.165, 1.54) is 60.1 Å². The van der Waals surface area contributed by atoms with Gasteiger partial charge in [-0.1, -0.05) is 112 Å². The fraction of sp³-hybridized carbons (Fsp3) is 0.190. The molecule has 6 aromatic rings. The smallest absolute Gasteiger partial charge is 0.0780 e. The van der Waals surface area contributed by atoms with Crippen molar-refractivity contribution in [2.24, 2.45) is 4.99 Å². The van der Waals surface area contributed by atoms with Crippen LogP contribution in [-0.2, 0) is 5.41 Å².